The number of benzene rings is 2. The van der Waals surface area contributed by atoms with E-state index in [0.717, 1.165) is 4.88 Å². The van der Waals surface area contributed by atoms with Gasteiger partial charge in [0.15, 0.2) is 5.75 Å². The van der Waals surface area contributed by atoms with E-state index in [2.05, 4.69) is 16.0 Å². The molecule has 0 aliphatic rings. The van der Waals surface area contributed by atoms with Crippen LogP contribution in [0.25, 0.3) is 0 Å². The van der Waals surface area contributed by atoms with Gasteiger partial charge in [0.25, 0.3) is 0 Å². The average Bonchev–Trinajstić information content (AvgIpc) is 3.28. The van der Waals surface area contributed by atoms with Crippen LogP contribution in [0.4, 0.5) is 5.69 Å². The number of carbonyl (C=O) groups excluding carboxylic acids is 3. The zero-order chi connectivity index (χ0) is 22.1. The quantitative estimate of drug-likeness (QED) is 0.450. The van der Waals surface area contributed by atoms with Crippen LogP contribution >= 0.6 is 22.9 Å². The molecular formula is C22H20ClN3O4S. The molecule has 0 saturated carbocycles. The molecule has 9 heteroatoms. The van der Waals surface area contributed by atoms with Gasteiger partial charge in [-0.25, -0.2) is 0 Å². The van der Waals surface area contributed by atoms with Crippen molar-refractivity contribution >= 4 is 46.3 Å². The highest BCUT2D eigenvalue weighted by molar-refractivity contribution is 7.09. The van der Waals surface area contributed by atoms with Crippen LogP contribution in [-0.4, -0.2) is 30.8 Å². The highest BCUT2D eigenvalue weighted by Gasteiger charge is 2.15. The summed E-state index contributed by atoms with van der Waals surface area (Å²) in [6.07, 6.45) is 0.635. The topological polar surface area (TPSA) is 96.5 Å². The highest BCUT2D eigenvalue weighted by atomic mass is 35.5. The molecule has 0 radical (unpaired) electrons. The molecule has 3 rings (SSSR count). The molecule has 3 aromatic rings. The first-order valence-electron chi connectivity index (χ1n) is 9.42. The van der Waals surface area contributed by atoms with Crippen molar-refractivity contribution in [1.29, 1.82) is 0 Å². The Kier molecular flexibility index (Phi) is 8.03. The largest absolute Gasteiger partial charge is 0.455 e. The maximum absolute atomic E-state index is 12.3. The number of halogens is 1. The van der Waals surface area contributed by atoms with Gasteiger partial charge in [-0.05, 0) is 48.2 Å². The summed E-state index contributed by atoms with van der Waals surface area (Å²) in [5.74, 6) is -1.22. The van der Waals surface area contributed by atoms with Crippen LogP contribution in [0.1, 0.15) is 4.88 Å². The van der Waals surface area contributed by atoms with Crippen molar-refractivity contribution in [1.82, 2.24) is 10.6 Å². The van der Waals surface area contributed by atoms with E-state index in [1.54, 1.807) is 35.6 Å². The number of rotatable bonds is 8. The molecule has 160 valence electrons. The summed E-state index contributed by atoms with van der Waals surface area (Å²) in [6.45, 7) is -0.0455. The van der Waals surface area contributed by atoms with Gasteiger partial charge in [-0.3, -0.25) is 14.4 Å². The van der Waals surface area contributed by atoms with E-state index in [4.69, 9.17) is 16.3 Å². The summed E-state index contributed by atoms with van der Waals surface area (Å²) >= 11 is 7.61. The number of hydrogen-bond acceptors (Lipinski definition) is 5. The maximum atomic E-state index is 12.3. The molecule has 0 unspecified atom stereocenters. The van der Waals surface area contributed by atoms with E-state index >= 15 is 0 Å². The molecule has 7 nitrogen and oxygen atoms in total. The lowest BCUT2D eigenvalue weighted by molar-refractivity contribution is -0.139. The molecule has 3 N–H and O–H groups in total. The fraction of sp³-hybridized carbons (Fsp3) is 0.136. The Morgan fingerprint density at radius 1 is 0.935 bits per heavy atom. The van der Waals surface area contributed by atoms with E-state index in [1.165, 1.54) is 6.07 Å². The van der Waals surface area contributed by atoms with Gasteiger partial charge >= 0.3 is 11.8 Å². The Morgan fingerprint density at radius 2 is 1.71 bits per heavy atom. The van der Waals surface area contributed by atoms with E-state index < -0.39 is 17.7 Å². The second-order valence-electron chi connectivity index (χ2n) is 6.37. The van der Waals surface area contributed by atoms with Gasteiger partial charge in [-0.1, -0.05) is 35.9 Å². The van der Waals surface area contributed by atoms with Gasteiger partial charge in [-0.15, -0.1) is 11.3 Å². The second kappa shape index (κ2) is 11.1. The van der Waals surface area contributed by atoms with E-state index in [9.17, 15) is 14.4 Å². The van der Waals surface area contributed by atoms with Gasteiger partial charge in [0.1, 0.15) is 5.75 Å². The number of thiophene rings is 1. The van der Waals surface area contributed by atoms with Crippen molar-refractivity contribution in [2.75, 3.05) is 18.4 Å². The minimum atomic E-state index is -0.881. The Morgan fingerprint density at radius 3 is 2.45 bits per heavy atom. The van der Waals surface area contributed by atoms with Crippen molar-refractivity contribution in [3.63, 3.8) is 0 Å². The molecule has 2 aromatic carbocycles. The minimum Gasteiger partial charge on any atom is -0.455 e. The first-order chi connectivity index (χ1) is 15.0. The molecule has 0 aliphatic heterocycles. The van der Waals surface area contributed by atoms with Crippen LogP contribution in [0.5, 0.6) is 11.5 Å². The number of anilines is 1. The fourth-order valence-electron chi connectivity index (χ4n) is 2.57. The maximum Gasteiger partial charge on any atom is 0.309 e. The summed E-state index contributed by atoms with van der Waals surface area (Å²) < 4.78 is 5.78. The van der Waals surface area contributed by atoms with Crippen molar-refractivity contribution in [3.05, 3.63) is 75.9 Å². The summed E-state index contributed by atoms with van der Waals surface area (Å²) in [6, 6.07) is 17.7. The Hall–Kier alpha value is -3.36. The van der Waals surface area contributed by atoms with E-state index in [-0.39, 0.29) is 6.54 Å². The average molecular weight is 458 g/mol. The highest BCUT2D eigenvalue weighted by Crippen LogP contribution is 2.31. The van der Waals surface area contributed by atoms with Gasteiger partial charge in [-0.2, -0.15) is 0 Å². The van der Waals surface area contributed by atoms with Crippen molar-refractivity contribution in [3.8, 4) is 11.5 Å². The third-order valence-corrected chi connectivity index (χ3v) is 5.21. The minimum absolute atomic E-state index is 0.335. The summed E-state index contributed by atoms with van der Waals surface area (Å²) in [7, 11) is 0. The van der Waals surface area contributed by atoms with Crippen LogP contribution in [0.15, 0.2) is 66.0 Å². The summed E-state index contributed by atoms with van der Waals surface area (Å²) in [5, 5.41) is 9.80. The zero-order valence-electron chi connectivity index (χ0n) is 16.4. The van der Waals surface area contributed by atoms with Crippen LogP contribution < -0.4 is 20.7 Å². The molecule has 3 amide bonds. The first kappa shape index (κ1) is 22.3. The molecule has 0 spiro atoms. The number of nitrogens with one attached hydrogen (secondary N) is 3. The van der Waals surface area contributed by atoms with Crippen LogP contribution in [0, 0.1) is 0 Å². The summed E-state index contributed by atoms with van der Waals surface area (Å²) in [5.41, 5.74) is 0.344. The first-order valence-corrected chi connectivity index (χ1v) is 10.7. The molecule has 0 fully saturated rings. The number of ether oxygens (including phenoxy) is 1. The molecule has 0 bridgehead atoms. The lowest BCUT2D eigenvalue weighted by Gasteiger charge is -2.13. The molecule has 31 heavy (non-hydrogen) atoms. The van der Waals surface area contributed by atoms with E-state index in [0.29, 0.717) is 35.2 Å². The second-order valence-corrected chi connectivity index (χ2v) is 7.84. The lowest BCUT2D eigenvalue weighted by atomic mass is 10.2. The number of amides is 3. The summed E-state index contributed by atoms with van der Waals surface area (Å²) in [4.78, 5) is 37.1. The van der Waals surface area contributed by atoms with Crippen LogP contribution in [0.3, 0.4) is 0 Å². The van der Waals surface area contributed by atoms with Crippen LogP contribution in [-0.2, 0) is 20.8 Å². The Bertz CT molecular complexity index is 1040. The predicted octanol–water partition coefficient (Wildman–Crippen LogP) is 3.61. The van der Waals surface area contributed by atoms with Gasteiger partial charge in [0, 0.05) is 16.4 Å². The molecule has 0 aliphatic carbocycles. The number of hydrogen-bond donors (Lipinski definition) is 3. The third-order valence-electron chi connectivity index (χ3n) is 4.04. The number of para-hydroxylation sites is 1. The SMILES string of the molecule is O=C(CNC(=O)C(=O)NCCc1cccs1)Nc1cc(Cl)ccc1Oc1ccccc1. The molecule has 1 aromatic heterocycles. The molecule has 0 saturated heterocycles. The monoisotopic (exact) mass is 457 g/mol. The van der Waals surface area contributed by atoms with Crippen LogP contribution in [0.2, 0.25) is 5.02 Å². The van der Waals surface area contributed by atoms with E-state index in [1.807, 2.05) is 35.7 Å². The predicted molar refractivity (Wildman–Crippen MR) is 121 cm³/mol. The Labute approximate surface area is 188 Å². The Balaban J connectivity index is 1.49. The van der Waals surface area contributed by atoms with Gasteiger partial charge in [0.05, 0.1) is 12.2 Å². The van der Waals surface area contributed by atoms with Crippen molar-refractivity contribution < 1.29 is 19.1 Å². The number of carbonyl (C=O) groups is 3. The normalized spacial score (nSPS) is 10.2. The fourth-order valence-corrected chi connectivity index (χ4v) is 3.46. The smallest absolute Gasteiger partial charge is 0.309 e. The van der Waals surface area contributed by atoms with Gasteiger partial charge < -0.3 is 20.7 Å². The molecule has 1 heterocycles. The van der Waals surface area contributed by atoms with Crippen molar-refractivity contribution in [2.45, 2.75) is 6.42 Å². The standard InChI is InChI=1S/C22H20ClN3O4S/c23-15-8-9-19(30-16-5-2-1-3-6-16)18(13-15)26-20(27)14-25-22(29)21(28)24-11-10-17-7-4-12-31-17/h1-9,12-13H,10-11,14H2,(H,24,28)(H,25,29)(H,26,27). The molecule has 0 atom stereocenters. The third kappa shape index (κ3) is 7.13. The van der Waals surface area contributed by atoms with Crippen molar-refractivity contribution in [2.24, 2.45) is 0 Å². The van der Waals surface area contributed by atoms with Gasteiger partial charge in [0.2, 0.25) is 5.91 Å². The zero-order valence-corrected chi connectivity index (χ0v) is 18.0. The lowest BCUT2D eigenvalue weighted by Crippen LogP contribution is -2.43. The molecular weight excluding hydrogens is 438 g/mol.